The van der Waals surface area contributed by atoms with Crippen LogP contribution in [0, 0.1) is 0 Å². The molecule has 162 valence electrons. The van der Waals surface area contributed by atoms with Gasteiger partial charge in [0.05, 0.1) is 11.6 Å². The largest absolute Gasteiger partial charge is 0.357 e. The van der Waals surface area contributed by atoms with E-state index < -0.39 is 0 Å². The van der Waals surface area contributed by atoms with Gasteiger partial charge in [0.1, 0.15) is 0 Å². The van der Waals surface area contributed by atoms with Gasteiger partial charge in [-0.25, -0.2) is 0 Å². The highest BCUT2D eigenvalue weighted by atomic mass is 127. The fourth-order valence-electron chi connectivity index (χ4n) is 3.47. The number of guanidine groups is 1. The van der Waals surface area contributed by atoms with Crippen LogP contribution in [0.5, 0.6) is 0 Å². The van der Waals surface area contributed by atoms with E-state index in [9.17, 15) is 0 Å². The summed E-state index contributed by atoms with van der Waals surface area (Å²) in [5.74, 6) is 0.964. The lowest BCUT2D eigenvalue weighted by Crippen LogP contribution is -2.46. The average Bonchev–Trinajstić information content (AvgIpc) is 2.97. The normalized spacial score (nSPS) is 16.1. The van der Waals surface area contributed by atoms with E-state index in [-0.39, 0.29) is 24.0 Å². The number of hydrogen-bond acceptors (Lipinski definition) is 3. The highest BCUT2D eigenvalue weighted by Crippen LogP contribution is 2.14. The monoisotopic (exact) mass is 524 g/mol. The second kappa shape index (κ2) is 13.7. The minimum Gasteiger partial charge on any atom is -0.357 e. The van der Waals surface area contributed by atoms with Gasteiger partial charge in [0, 0.05) is 65.3 Å². The lowest BCUT2D eigenvalue weighted by atomic mass is 10.2. The van der Waals surface area contributed by atoms with Crippen LogP contribution in [-0.2, 0) is 13.6 Å². The van der Waals surface area contributed by atoms with Crippen molar-refractivity contribution < 1.29 is 0 Å². The van der Waals surface area contributed by atoms with Gasteiger partial charge < -0.3 is 24.6 Å². The van der Waals surface area contributed by atoms with E-state index in [2.05, 4.69) is 45.5 Å². The van der Waals surface area contributed by atoms with E-state index >= 15 is 0 Å². The Morgan fingerprint density at radius 1 is 1.18 bits per heavy atom. The van der Waals surface area contributed by atoms with Gasteiger partial charge in [0.25, 0.3) is 0 Å². The molecular weight excluding hydrogens is 487 g/mol. The van der Waals surface area contributed by atoms with Crippen molar-refractivity contribution in [2.45, 2.75) is 33.2 Å². The molecule has 0 unspecified atom stereocenters. The molecule has 1 aromatic rings. The highest BCUT2D eigenvalue weighted by molar-refractivity contribution is 14.0. The summed E-state index contributed by atoms with van der Waals surface area (Å²) in [7, 11) is 4.11. The van der Waals surface area contributed by atoms with E-state index in [1.54, 1.807) is 0 Å². The maximum atomic E-state index is 6.10. The molecule has 1 saturated heterocycles. The Labute approximate surface area is 193 Å². The zero-order valence-corrected chi connectivity index (χ0v) is 21.0. The van der Waals surface area contributed by atoms with Crippen molar-refractivity contribution in [3.8, 4) is 0 Å². The summed E-state index contributed by atoms with van der Waals surface area (Å²) in [4.78, 5) is 12.1. The van der Waals surface area contributed by atoms with Gasteiger partial charge in [0.15, 0.2) is 5.96 Å². The average molecular weight is 525 g/mol. The fourth-order valence-corrected chi connectivity index (χ4v) is 3.74. The van der Waals surface area contributed by atoms with Crippen molar-refractivity contribution in [3.63, 3.8) is 0 Å². The SMILES string of the molecule is CCNC(=NCCCCN1CCN(CC)CC1)N(C)Cc1cc(Cl)cn1C.I. The topological polar surface area (TPSA) is 39.0 Å². The van der Waals surface area contributed by atoms with Gasteiger partial charge in [0.2, 0.25) is 0 Å². The first kappa shape index (κ1) is 25.5. The number of hydrogen-bond donors (Lipinski definition) is 1. The summed E-state index contributed by atoms with van der Waals surface area (Å²) in [6.45, 7) is 14.1. The maximum absolute atomic E-state index is 6.10. The van der Waals surface area contributed by atoms with Gasteiger partial charge in [-0.1, -0.05) is 18.5 Å². The van der Waals surface area contributed by atoms with Crippen molar-refractivity contribution in [2.24, 2.45) is 12.0 Å². The molecule has 1 aromatic heterocycles. The molecule has 0 saturated carbocycles. The van der Waals surface area contributed by atoms with E-state index in [1.165, 1.54) is 51.4 Å². The standard InChI is InChI=1S/C20H37ClN6.HI/c1-5-22-20(25(4)17-19-15-18(21)16-24(19)3)23-9-7-8-10-27-13-11-26(6-2)12-14-27;/h15-16H,5-14,17H2,1-4H3,(H,22,23);1H. The first-order valence-electron chi connectivity index (χ1n) is 10.3. The molecule has 28 heavy (non-hydrogen) atoms. The number of aromatic nitrogens is 1. The lowest BCUT2D eigenvalue weighted by Gasteiger charge is -2.33. The van der Waals surface area contributed by atoms with E-state index in [4.69, 9.17) is 16.6 Å². The second-order valence-electron chi connectivity index (χ2n) is 7.34. The minimum atomic E-state index is 0. The molecule has 8 heteroatoms. The molecule has 1 aliphatic heterocycles. The third-order valence-corrected chi connectivity index (χ3v) is 5.43. The first-order chi connectivity index (χ1) is 13.0. The van der Waals surface area contributed by atoms with Crippen LogP contribution in [0.25, 0.3) is 0 Å². The molecule has 1 aliphatic rings. The van der Waals surface area contributed by atoms with E-state index in [1.807, 2.05) is 19.3 Å². The van der Waals surface area contributed by atoms with Crippen LogP contribution < -0.4 is 5.32 Å². The Bertz CT molecular complexity index is 583. The number of aryl methyl sites for hydroxylation is 1. The quantitative estimate of drug-likeness (QED) is 0.233. The van der Waals surface area contributed by atoms with Gasteiger partial charge in [-0.3, -0.25) is 4.99 Å². The molecule has 0 aromatic carbocycles. The molecule has 0 aliphatic carbocycles. The Kier molecular flexibility index (Phi) is 12.5. The number of piperazine rings is 1. The summed E-state index contributed by atoms with van der Waals surface area (Å²) in [6, 6.07) is 2.01. The number of unbranched alkanes of at least 4 members (excludes halogenated alkanes) is 1. The number of aliphatic imine (C=N–C) groups is 1. The summed E-state index contributed by atoms with van der Waals surface area (Å²) in [5.41, 5.74) is 1.18. The van der Waals surface area contributed by atoms with Crippen LogP contribution in [0.1, 0.15) is 32.4 Å². The highest BCUT2D eigenvalue weighted by Gasteiger charge is 2.14. The number of likely N-dealkylation sites (N-methyl/N-ethyl adjacent to an activating group) is 1. The Morgan fingerprint density at radius 3 is 2.43 bits per heavy atom. The smallest absolute Gasteiger partial charge is 0.194 e. The Balaban J connectivity index is 0.00000392. The Morgan fingerprint density at radius 2 is 1.86 bits per heavy atom. The molecule has 0 atom stereocenters. The predicted octanol–water partition coefficient (Wildman–Crippen LogP) is 3.11. The van der Waals surface area contributed by atoms with Crippen LogP contribution in [0.2, 0.25) is 5.02 Å². The van der Waals surface area contributed by atoms with Crippen LogP contribution >= 0.6 is 35.6 Å². The minimum absolute atomic E-state index is 0. The lowest BCUT2D eigenvalue weighted by molar-refractivity contribution is 0.136. The van der Waals surface area contributed by atoms with Crippen molar-refractivity contribution in [1.29, 1.82) is 0 Å². The summed E-state index contributed by atoms with van der Waals surface area (Å²) in [6.07, 6.45) is 4.29. The third-order valence-electron chi connectivity index (χ3n) is 5.23. The zero-order valence-electron chi connectivity index (χ0n) is 18.0. The van der Waals surface area contributed by atoms with Crippen molar-refractivity contribution >= 4 is 41.5 Å². The molecular formula is C20H38ClIN6. The van der Waals surface area contributed by atoms with Crippen molar-refractivity contribution in [2.75, 3.05) is 59.4 Å². The maximum Gasteiger partial charge on any atom is 0.194 e. The fraction of sp³-hybridized carbons (Fsp3) is 0.750. The van der Waals surface area contributed by atoms with Gasteiger partial charge in [-0.2, -0.15) is 0 Å². The number of nitrogens with zero attached hydrogens (tertiary/aromatic N) is 5. The molecule has 6 nitrogen and oxygen atoms in total. The molecule has 2 heterocycles. The van der Waals surface area contributed by atoms with Gasteiger partial charge in [-0.15, -0.1) is 24.0 Å². The number of halogens is 2. The molecule has 0 radical (unpaired) electrons. The third kappa shape index (κ3) is 8.47. The molecule has 0 amide bonds. The number of rotatable bonds is 9. The van der Waals surface area contributed by atoms with Crippen molar-refractivity contribution in [1.82, 2.24) is 24.6 Å². The molecule has 0 bridgehead atoms. The molecule has 1 N–H and O–H groups in total. The molecule has 2 rings (SSSR count). The molecule has 1 fully saturated rings. The number of nitrogens with one attached hydrogen (secondary N) is 1. The molecule has 0 spiro atoms. The second-order valence-corrected chi connectivity index (χ2v) is 7.77. The Hall–Kier alpha value is -0.510. The van der Waals surface area contributed by atoms with Gasteiger partial charge in [-0.05, 0) is 38.9 Å². The predicted molar refractivity (Wildman–Crippen MR) is 131 cm³/mol. The summed E-state index contributed by atoms with van der Waals surface area (Å²) in [5, 5.41) is 4.18. The van der Waals surface area contributed by atoms with E-state index in [0.717, 1.165) is 37.0 Å². The van der Waals surface area contributed by atoms with Crippen LogP contribution in [0.15, 0.2) is 17.3 Å². The summed E-state index contributed by atoms with van der Waals surface area (Å²) >= 11 is 6.10. The van der Waals surface area contributed by atoms with Crippen molar-refractivity contribution in [3.05, 3.63) is 23.0 Å². The van der Waals surface area contributed by atoms with Crippen LogP contribution in [-0.4, -0.2) is 84.6 Å². The van der Waals surface area contributed by atoms with E-state index in [0.29, 0.717) is 0 Å². The van der Waals surface area contributed by atoms with Gasteiger partial charge >= 0.3 is 0 Å². The van der Waals surface area contributed by atoms with Crippen LogP contribution in [0.4, 0.5) is 0 Å². The zero-order chi connectivity index (χ0) is 19.6. The van der Waals surface area contributed by atoms with Crippen LogP contribution in [0.3, 0.4) is 0 Å². The summed E-state index contributed by atoms with van der Waals surface area (Å²) < 4.78 is 2.07. The first-order valence-corrected chi connectivity index (χ1v) is 10.7.